The van der Waals surface area contributed by atoms with E-state index in [-0.39, 0.29) is 5.91 Å². The second-order valence-corrected chi connectivity index (χ2v) is 6.14. The van der Waals surface area contributed by atoms with E-state index in [1.807, 2.05) is 14.1 Å². The van der Waals surface area contributed by atoms with Crippen LogP contribution in [0.3, 0.4) is 0 Å². The van der Waals surface area contributed by atoms with Crippen LogP contribution in [0, 0.1) is 0 Å². The quantitative estimate of drug-likeness (QED) is 0.718. The van der Waals surface area contributed by atoms with E-state index in [0.29, 0.717) is 18.1 Å². The van der Waals surface area contributed by atoms with Crippen molar-refractivity contribution in [2.24, 2.45) is 0 Å². The van der Waals surface area contributed by atoms with Gasteiger partial charge in [-0.15, -0.1) is 0 Å². The Morgan fingerprint density at radius 1 is 1.22 bits per heavy atom. The van der Waals surface area contributed by atoms with E-state index in [9.17, 15) is 4.79 Å². The first-order valence-corrected chi connectivity index (χ1v) is 8.32. The van der Waals surface area contributed by atoms with Crippen LogP contribution in [-0.4, -0.2) is 54.5 Å². The lowest BCUT2D eigenvalue weighted by Gasteiger charge is -2.13. The van der Waals surface area contributed by atoms with Gasteiger partial charge < -0.3 is 15.5 Å². The molecule has 23 heavy (non-hydrogen) atoms. The van der Waals surface area contributed by atoms with E-state index >= 15 is 0 Å². The Labute approximate surface area is 138 Å². The monoisotopic (exact) mass is 317 g/mol. The molecule has 0 saturated heterocycles. The van der Waals surface area contributed by atoms with Crippen LogP contribution in [0.5, 0.6) is 0 Å². The fourth-order valence-corrected chi connectivity index (χ4v) is 2.50. The maximum atomic E-state index is 12.1. The van der Waals surface area contributed by atoms with Crippen molar-refractivity contribution < 1.29 is 4.79 Å². The molecule has 0 radical (unpaired) electrons. The molecule has 0 fully saturated rings. The van der Waals surface area contributed by atoms with Crippen LogP contribution in [0.2, 0.25) is 0 Å². The van der Waals surface area contributed by atoms with Gasteiger partial charge in [-0.05, 0) is 46.2 Å². The topological polar surface area (TPSA) is 70.2 Å². The van der Waals surface area contributed by atoms with Gasteiger partial charge in [0.05, 0.1) is 5.56 Å². The van der Waals surface area contributed by atoms with E-state index < -0.39 is 0 Å². The van der Waals surface area contributed by atoms with Gasteiger partial charge in [0.2, 0.25) is 5.95 Å². The largest absolute Gasteiger partial charge is 0.353 e. The summed E-state index contributed by atoms with van der Waals surface area (Å²) in [6.07, 6.45) is 11.3. The molecular formula is C17H27N5O. The van der Waals surface area contributed by atoms with E-state index in [1.165, 1.54) is 31.3 Å². The number of hydrogen-bond acceptors (Lipinski definition) is 5. The van der Waals surface area contributed by atoms with Crippen LogP contribution < -0.4 is 10.6 Å². The number of allylic oxidation sites excluding steroid dienone is 1. The summed E-state index contributed by atoms with van der Waals surface area (Å²) >= 11 is 0. The molecule has 2 rings (SSSR count). The van der Waals surface area contributed by atoms with Crippen molar-refractivity contribution in [2.45, 2.75) is 32.1 Å². The number of nitrogens with zero attached hydrogens (tertiary/aromatic N) is 3. The fourth-order valence-electron chi connectivity index (χ4n) is 2.50. The first kappa shape index (κ1) is 17.4. The summed E-state index contributed by atoms with van der Waals surface area (Å²) < 4.78 is 0. The molecule has 6 heteroatoms. The number of amides is 1. The van der Waals surface area contributed by atoms with E-state index in [2.05, 4.69) is 31.6 Å². The summed E-state index contributed by atoms with van der Waals surface area (Å²) in [7, 11) is 4.03. The lowest BCUT2D eigenvalue weighted by atomic mass is 9.97. The van der Waals surface area contributed by atoms with Crippen molar-refractivity contribution in [1.29, 1.82) is 0 Å². The van der Waals surface area contributed by atoms with Crippen molar-refractivity contribution >= 4 is 11.9 Å². The lowest BCUT2D eigenvalue weighted by molar-refractivity contribution is 0.0953. The summed E-state index contributed by atoms with van der Waals surface area (Å²) in [6, 6.07) is 0. The minimum atomic E-state index is -0.110. The van der Waals surface area contributed by atoms with Gasteiger partial charge >= 0.3 is 0 Å². The Balaban J connectivity index is 1.72. The summed E-state index contributed by atoms with van der Waals surface area (Å²) in [6.45, 7) is 2.35. The third-order valence-electron chi connectivity index (χ3n) is 3.87. The van der Waals surface area contributed by atoms with Crippen LogP contribution in [0.4, 0.5) is 5.95 Å². The molecule has 0 atom stereocenters. The SMILES string of the molecule is CN(C)CCNc1ncc(C(=O)NCCC2=CCCCC2)cn1. The molecule has 2 N–H and O–H groups in total. The fraction of sp³-hybridized carbons (Fsp3) is 0.588. The third kappa shape index (κ3) is 6.36. The Morgan fingerprint density at radius 2 is 2.00 bits per heavy atom. The predicted octanol–water partition coefficient (Wildman–Crippen LogP) is 2.07. The van der Waals surface area contributed by atoms with Gasteiger partial charge in [-0.2, -0.15) is 0 Å². The van der Waals surface area contributed by atoms with Gasteiger partial charge in [-0.1, -0.05) is 11.6 Å². The van der Waals surface area contributed by atoms with E-state index in [4.69, 9.17) is 0 Å². The Morgan fingerprint density at radius 3 is 2.65 bits per heavy atom. The molecule has 1 aromatic rings. The van der Waals surface area contributed by atoms with Crippen LogP contribution >= 0.6 is 0 Å². The second-order valence-electron chi connectivity index (χ2n) is 6.14. The Hall–Kier alpha value is -1.95. The Kier molecular flexibility index (Phi) is 7.00. The van der Waals surface area contributed by atoms with Crippen LogP contribution in [-0.2, 0) is 0 Å². The number of carbonyl (C=O) groups excluding carboxylic acids is 1. The number of carbonyl (C=O) groups is 1. The molecule has 0 spiro atoms. The zero-order chi connectivity index (χ0) is 16.5. The van der Waals surface area contributed by atoms with Crippen molar-refractivity contribution in [3.63, 3.8) is 0 Å². The maximum absolute atomic E-state index is 12.1. The number of likely N-dealkylation sites (N-methyl/N-ethyl adjacent to an activating group) is 1. The molecule has 0 bridgehead atoms. The lowest BCUT2D eigenvalue weighted by Crippen LogP contribution is -2.25. The molecule has 0 aromatic carbocycles. The molecule has 0 unspecified atom stereocenters. The highest BCUT2D eigenvalue weighted by atomic mass is 16.1. The number of nitrogens with one attached hydrogen (secondary N) is 2. The molecule has 0 aliphatic heterocycles. The number of rotatable bonds is 8. The number of aromatic nitrogens is 2. The van der Waals surface area contributed by atoms with Gasteiger partial charge in [0.15, 0.2) is 0 Å². The average Bonchev–Trinajstić information content (AvgIpc) is 2.56. The van der Waals surface area contributed by atoms with Crippen LogP contribution in [0.15, 0.2) is 24.0 Å². The first-order chi connectivity index (χ1) is 11.1. The highest BCUT2D eigenvalue weighted by Crippen LogP contribution is 2.19. The predicted molar refractivity (Wildman–Crippen MR) is 92.6 cm³/mol. The summed E-state index contributed by atoms with van der Waals surface area (Å²) in [5, 5.41) is 6.06. The van der Waals surface area contributed by atoms with E-state index in [1.54, 1.807) is 12.4 Å². The summed E-state index contributed by atoms with van der Waals surface area (Å²) in [5.41, 5.74) is 1.97. The van der Waals surface area contributed by atoms with Gasteiger partial charge in [0.25, 0.3) is 5.91 Å². The highest BCUT2D eigenvalue weighted by Gasteiger charge is 2.08. The van der Waals surface area contributed by atoms with Crippen molar-refractivity contribution in [2.75, 3.05) is 39.0 Å². The average molecular weight is 317 g/mol. The smallest absolute Gasteiger partial charge is 0.254 e. The zero-order valence-corrected chi connectivity index (χ0v) is 14.1. The minimum Gasteiger partial charge on any atom is -0.353 e. The minimum absolute atomic E-state index is 0.110. The third-order valence-corrected chi connectivity index (χ3v) is 3.87. The molecule has 1 aliphatic carbocycles. The molecule has 1 amide bonds. The van der Waals surface area contributed by atoms with Crippen molar-refractivity contribution in [3.8, 4) is 0 Å². The normalized spacial score (nSPS) is 14.5. The van der Waals surface area contributed by atoms with Crippen LogP contribution in [0.1, 0.15) is 42.5 Å². The van der Waals surface area contributed by atoms with Gasteiger partial charge in [-0.3, -0.25) is 4.79 Å². The van der Waals surface area contributed by atoms with Crippen LogP contribution in [0.25, 0.3) is 0 Å². The summed E-state index contributed by atoms with van der Waals surface area (Å²) in [5.74, 6) is 0.442. The first-order valence-electron chi connectivity index (χ1n) is 8.32. The molecule has 1 aromatic heterocycles. The van der Waals surface area contributed by atoms with E-state index in [0.717, 1.165) is 19.5 Å². The highest BCUT2D eigenvalue weighted by molar-refractivity contribution is 5.93. The molecule has 126 valence electrons. The van der Waals surface area contributed by atoms with Crippen molar-refractivity contribution in [1.82, 2.24) is 20.2 Å². The van der Waals surface area contributed by atoms with Gasteiger partial charge in [0, 0.05) is 32.0 Å². The van der Waals surface area contributed by atoms with Gasteiger partial charge in [-0.25, -0.2) is 9.97 Å². The number of anilines is 1. The second kappa shape index (κ2) is 9.25. The standard InChI is InChI=1S/C17H27N5O/c1-22(2)11-10-19-17-20-12-15(13-21-17)16(23)18-9-8-14-6-4-3-5-7-14/h6,12-13H,3-5,7-11H2,1-2H3,(H,18,23)(H,19,20,21). The zero-order valence-electron chi connectivity index (χ0n) is 14.1. The molecule has 1 heterocycles. The molecule has 0 saturated carbocycles. The molecule has 1 aliphatic rings. The maximum Gasteiger partial charge on any atom is 0.254 e. The molecule has 6 nitrogen and oxygen atoms in total. The molecular weight excluding hydrogens is 290 g/mol. The Bertz CT molecular complexity index is 524. The number of hydrogen-bond donors (Lipinski definition) is 2. The van der Waals surface area contributed by atoms with Gasteiger partial charge in [0.1, 0.15) is 0 Å². The summed E-state index contributed by atoms with van der Waals surface area (Å²) in [4.78, 5) is 22.5. The van der Waals surface area contributed by atoms with Crippen molar-refractivity contribution in [3.05, 3.63) is 29.6 Å².